The molecule has 0 saturated heterocycles. The average Bonchev–Trinajstić information content (AvgIpc) is 2.83. The maximum Gasteiger partial charge on any atom is 0.0951 e. The summed E-state index contributed by atoms with van der Waals surface area (Å²) in [5.41, 5.74) is 1.31. The van der Waals surface area contributed by atoms with Crippen molar-refractivity contribution in [3.63, 3.8) is 0 Å². The predicted molar refractivity (Wildman–Crippen MR) is 49.7 cm³/mol. The smallest absolute Gasteiger partial charge is 0.0951 e. The predicted octanol–water partition coefficient (Wildman–Crippen LogP) is 2.21. The standard InChI is InChI=1S/C9H13NOS/c1-11-5-4-9-10-8(6-12-9)7-2-3-7/h6-7H,2-5H2,1H3. The number of rotatable bonds is 4. The van der Waals surface area contributed by atoms with Crippen LogP contribution in [-0.2, 0) is 11.2 Å². The summed E-state index contributed by atoms with van der Waals surface area (Å²) >= 11 is 1.77. The third-order valence-corrected chi connectivity index (χ3v) is 3.01. The van der Waals surface area contributed by atoms with Crippen molar-refractivity contribution in [1.29, 1.82) is 0 Å². The Hall–Kier alpha value is -0.410. The molecule has 1 aliphatic rings. The molecule has 0 amide bonds. The number of aromatic nitrogens is 1. The Kier molecular flexibility index (Phi) is 2.42. The van der Waals surface area contributed by atoms with Gasteiger partial charge in [0.1, 0.15) is 0 Å². The molecular formula is C9H13NOS. The van der Waals surface area contributed by atoms with Crippen LogP contribution >= 0.6 is 11.3 Å². The molecule has 1 heterocycles. The van der Waals surface area contributed by atoms with Crippen LogP contribution in [0.15, 0.2) is 5.38 Å². The van der Waals surface area contributed by atoms with Crippen molar-refractivity contribution in [2.24, 2.45) is 0 Å². The van der Waals surface area contributed by atoms with Gasteiger partial charge in [0, 0.05) is 24.8 Å². The van der Waals surface area contributed by atoms with Gasteiger partial charge >= 0.3 is 0 Å². The summed E-state index contributed by atoms with van der Waals surface area (Å²) in [6.07, 6.45) is 3.65. The van der Waals surface area contributed by atoms with Crippen LogP contribution in [0, 0.1) is 0 Å². The summed E-state index contributed by atoms with van der Waals surface area (Å²) in [4.78, 5) is 4.55. The number of hydrogen-bond donors (Lipinski definition) is 0. The van der Waals surface area contributed by atoms with Crippen molar-refractivity contribution >= 4 is 11.3 Å². The Labute approximate surface area is 76.6 Å². The molecule has 0 bridgehead atoms. The summed E-state index contributed by atoms with van der Waals surface area (Å²) in [6, 6.07) is 0. The molecule has 1 saturated carbocycles. The van der Waals surface area contributed by atoms with E-state index < -0.39 is 0 Å². The fraction of sp³-hybridized carbons (Fsp3) is 0.667. The lowest BCUT2D eigenvalue weighted by atomic mass is 10.3. The van der Waals surface area contributed by atoms with E-state index in [1.807, 2.05) is 0 Å². The lowest BCUT2D eigenvalue weighted by Crippen LogP contribution is -1.93. The second kappa shape index (κ2) is 3.54. The van der Waals surface area contributed by atoms with Crippen molar-refractivity contribution in [2.45, 2.75) is 25.2 Å². The zero-order chi connectivity index (χ0) is 8.39. The van der Waals surface area contributed by atoms with Gasteiger partial charge in [0.05, 0.1) is 17.3 Å². The van der Waals surface area contributed by atoms with Gasteiger partial charge < -0.3 is 4.74 Å². The van der Waals surface area contributed by atoms with Crippen LogP contribution in [-0.4, -0.2) is 18.7 Å². The molecule has 0 aliphatic heterocycles. The minimum Gasteiger partial charge on any atom is -0.384 e. The second-order valence-corrected chi connectivity index (χ2v) is 4.13. The van der Waals surface area contributed by atoms with E-state index >= 15 is 0 Å². The second-order valence-electron chi connectivity index (χ2n) is 3.18. The number of nitrogens with zero attached hydrogens (tertiary/aromatic N) is 1. The highest BCUT2D eigenvalue weighted by atomic mass is 32.1. The molecule has 1 fully saturated rings. The fourth-order valence-corrected chi connectivity index (χ4v) is 2.06. The van der Waals surface area contributed by atoms with Gasteiger partial charge in [0.25, 0.3) is 0 Å². The largest absolute Gasteiger partial charge is 0.384 e. The Morgan fingerprint density at radius 3 is 3.17 bits per heavy atom. The van der Waals surface area contributed by atoms with Gasteiger partial charge in [0.15, 0.2) is 0 Å². The van der Waals surface area contributed by atoms with Crippen LogP contribution in [0.25, 0.3) is 0 Å². The van der Waals surface area contributed by atoms with Gasteiger partial charge in [-0.25, -0.2) is 4.98 Å². The maximum atomic E-state index is 5.00. The zero-order valence-electron chi connectivity index (χ0n) is 7.25. The van der Waals surface area contributed by atoms with E-state index in [0.717, 1.165) is 18.9 Å². The van der Waals surface area contributed by atoms with Gasteiger partial charge in [0.2, 0.25) is 0 Å². The monoisotopic (exact) mass is 183 g/mol. The van der Waals surface area contributed by atoms with Crippen molar-refractivity contribution in [2.75, 3.05) is 13.7 Å². The minimum atomic E-state index is 0.789. The first kappa shape index (κ1) is 8.20. The topological polar surface area (TPSA) is 22.1 Å². The van der Waals surface area contributed by atoms with Crippen LogP contribution in [0.4, 0.5) is 0 Å². The summed E-state index contributed by atoms with van der Waals surface area (Å²) in [7, 11) is 1.73. The van der Waals surface area contributed by atoms with E-state index in [9.17, 15) is 0 Å². The van der Waals surface area contributed by atoms with E-state index in [-0.39, 0.29) is 0 Å². The van der Waals surface area contributed by atoms with Crippen LogP contribution < -0.4 is 0 Å². The lowest BCUT2D eigenvalue weighted by molar-refractivity contribution is 0.202. The molecule has 0 spiro atoms. The van der Waals surface area contributed by atoms with Crippen LogP contribution in [0.5, 0.6) is 0 Å². The third kappa shape index (κ3) is 1.84. The molecule has 66 valence electrons. The molecule has 0 atom stereocenters. The highest BCUT2D eigenvalue weighted by Gasteiger charge is 2.25. The molecule has 2 rings (SSSR count). The SMILES string of the molecule is COCCc1nc(C2CC2)cs1. The molecule has 1 aliphatic carbocycles. The Balaban J connectivity index is 1.93. The van der Waals surface area contributed by atoms with Gasteiger partial charge in [-0.15, -0.1) is 11.3 Å². The Bertz CT molecular complexity index is 255. The third-order valence-electron chi connectivity index (χ3n) is 2.09. The van der Waals surface area contributed by atoms with Crippen molar-refractivity contribution in [3.8, 4) is 0 Å². The average molecular weight is 183 g/mol. The first-order valence-corrected chi connectivity index (χ1v) is 5.21. The molecule has 0 N–H and O–H groups in total. The van der Waals surface area contributed by atoms with E-state index in [1.165, 1.54) is 23.5 Å². The number of ether oxygens (including phenoxy) is 1. The van der Waals surface area contributed by atoms with E-state index in [0.29, 0.717) is 0 Å². The zero-order valence-corrected chi connectivity index (χ0v) is 8.06. The van der Waals surface area contributed by atoms with E-state index in [1.54, 1.807) is 18.4 Å². The van der Waals surface area contributed by atoms with Gasteiger partial charge in [-0.2, -0.15) is 0 Å². The molecule has 1 aromatic rings. The molecule has 12 heavy (non-hydrogen) atoms. The highest BCUT2D eigenvalue weighted by Crippen LogP contribution is 2.40. The fourth-order valence-electron chi connectivity index (χ4n) is 1.20. The van der Waals surface area contributed by atoms with Crippen LogP contribution in [0.3, 0.4) is 0 Å². The summed E-state index contributed by atoms with van der Waals surface area (Å²) in [5.74, 6) is 0.789. The van der Waals surface area contributed by atoms with Crippen LogP contribution in [0.1, 0.15) is 29.5 Å². The van der Waals surface area contributed by atoms with Crippen molar-refractivity contribution in [1.82, 2.24) is 4.98 Å². The van der Waals surface area contributed by atoms with E-state index in [2.05, 4.69) is 10.4 Å². The summed E-state index contributed by atoms with van der Waals surface area (Å²) in [6.45, 7) is 0.789. The van der Waals surface area contributed by atoms with Crippen LogP contribution in [0.2, 0.25) is 0 Å². The van der Waals surface area contributed by atoms with Gasteiger partial charge in [-0.1, -0.05) is 0 Å². The molecule has 1 aromatic heterocycles. The van der Waals surface area contributed by atoms with Crippen molar-refractivity contribution in [3.05, 3.63) is 16.1 Å². The lowest BCUT2D eigenvalue weighted by Gasteiger charge is -1.92. The Morgan fingerprint density at radius 2 is 2.50 bits per heavy atom. The van der Waals surface area contributed by atoms with E-state index in [4.69, 9.17) is 4.74 Å². The molecule has 3 heteroatoms. The minimum absolute atomic E-state index is 0.789. The molecule has 0 radical (unpaired) electrons. The summed E-state index contributed by atoms with van der Waals surface area (Å²) < 4.78 is 5.00. The number of methoxy groups -OCH3 is 1. The molecule has 2 nitrogen and oxygen atoms in total. The molecular weight excluding hydrogens is 170 g/mol. The molecule has 0 unspecified atom stereocenters. The Morgan fingerprint density at radius 1 is 1.67 bits per heavy atom. The maximum absolute atomic E-state index is 5.00. The van der Waals surface area contributed by atoms with Crippen molar-refractivity contribution < 1.29 is 4.74 Å². The quantitative estimate of drug-likeness (QED) is 0.714. The van der Waals surface area contributed by atoms with Gasteiger partial charge in [-0.05, 0) is 12.8 Å². The summed E-state index contributed by atoms with van der Waals surface area (Å²) in [5, 5.41) is 3.42. The normalized spacial score (nSPS) is 16.8. The van der Waals surface area contributed by atoms with Gasteiger partial charge in [-0.3, -0.25) is 0 Å². The number of thiazole rings is 1. The first-order valence-electron chi connectivity index (χ1n) is 4.33. The first-order chi connectivity index (χ1) is 5.90. The highest BCUT2D eigenvalue weighted by molar-refractivity contribution is 7.09. The number of hydrogen-bond acceptors (Lipinski definition) is 3. The molecule has 0 aromatic carbocycles.